The summed E-state index contributed by atoms with van der Waals surface area (Å²) >= 11 is 0. The van der Waals surface area contributed by atoms with Crippen molar-refractivity contribution in [3.8, 4) is 0 Å². The average Bonchev–Trinajstić information content (AvgIpc) is 2.78. The molecule has 2 aliphatic rings. The molecule has 0 N–H and O–H groups in total. The lowest BCUT2D eigenvalue weighted by atomic mass is 10.0. The van der Waals surface area contributed by atoms with E-state index in [0.29, 0.717) is 29.2 Å². The predicted molar refractivity (Wildman–Crippen MR) is 86.6 cm³/mol. The molecule has 1 aromatic heterocycles. The van der Waals surface area contributed by atoms with Gasteiger partial charge in [0.2, 0.25) is 5.95 Å². The van der Waals surface area contributed by atoms with Gasteiger partial charge in [0.15, 0.2) is 0 Å². The van der Waals surface area contributed by atoms with Gasteiger partial charge in [-0.3, -0.25) is 0 Å². The quantitative estimate of drug-likeness (QED) is 0.578. The van der Waals surface area contributed by atoms with Gasteiger partial charge in [0.05, 0.1) is 5.69 Å². The first-order valence-electron chi connectivity index (χ1n) is 7.72. The first kappa shape index (κ1) is 19.1. The van der Waals surface area contributed by atoms with Crippen molar-refractivity contribution in [3.05, 3.63) is 48.3 Å². The number of hydrogen-bond donors (Lipinski definition) is 0. The second-order valence-corrected chi connectivity index (χ2v) is 5.55. The minimum absolute atomic E-state index is 0.119. The van der Waals surface area contributed by atoms with Crippen molar-refractivity contribution in [1.29, 1.82) is 0 Å². The number of alkyl halides is 5. The molecule has 0 spiro atoms. The third kappa shape index (κ3) is 4.24. The number of nitrogens with zero attached hydrogens (tertiary/aromatic N) is 3. The molecule has 0 aromatic carbocycles. The highest BCUT2D eigenvalue weighted by Gasteiger charge is 2.43. The maximum Gasteiger partial charge on any atom is 0.379 e. The number of halogens is 5. The standard InChI is InChI=1S/C16H17F2N3.CHF3/c1-3-6-11(4-2)13-12-7-8-16(17,18)14(12)20-15(19-13)21-9-5-10-21;2-1(3)4/h3-4,6H,1-2,5,7-10H2;1H/b11-6+;. The fourth-order valence-corrected chi connectivity index (χ4v) is 2.68. The average molecular weight is 359 g/mol. The van der Waals surface area contributed by atoms with E-state index in [4.69, 9.17) is 0 Å². The van der Waals surface area contributed by atoms with Crippen molar-refractivity contribution in [2.75, 3.05) is 18.0 Å². The van der Waals surface area contributed by atoms with Crippen molar-refractivity contribution < 1.29 is 22.0 Å². The fraction of sp³-hybridized carbons (Fsp3) is 0.412. The van der Waals surface area contributed by atoms with Gasteiger partial charge in [-0.05, 0) is 18.4 Å². The maximum absolute atomic E-state index is 14.1. The van der Waals surface area contributed by atoms with Crippen LogP contribution in [0.25, 0.3) is 5.57 Å². The minimum Gasteiger partial charge on any atom is -0.341 e. The third-order valence-electron chi connectivity index (χ3n) is 3.96. The highest BCUT2D eigenvalue weighted by atomic mass is 19.4. The van der Waals surface area contributed by atoms with Crippen LogP contribution in [0.5, 0.6) is 0 Å². The molecule has 136 valence electrons. The number of aromatic nitrogens is 2. The Morgan fingerprint density at radius 1 is 1.16 bits per heavy atom. The summed E-state index contributed by atoms with van der Waals surface area (Å²) in [5, 5.41) is 0. The van der Waals surface area contributed by atoms with E-state index < -0.39 is 12.6 Å². The van der Waals surface area contributed by atoms with E-state index in [1.165, 1.54) is 0 Å². The fourth-order valence-electron chi connectivity index (χ4n) is 2.68. The molecule has 3 nitrogen and oxygen atoms in total. The summed E-state index contributed by atoms with van der Waals surface area (Å²) in [6.45, 7) is 5.37. The van der Waals surface area contributed by atoms with E-state index in [0.717, 1.165) is 19.5 Å². The second-order valence-electron chi connectivity index (χ2n) is 5.55. The number of hydrogen-bond acceptors (Lipinski definition) is 3. The highest BCUT2D eigenvalue weighted by molar-refractivity contribution is 5.76. The maximum atomic E-state index is 14.1. The van der Waals surface area contributed by atoms with Gasteiger partial charge in [0.25, 0.3) is 5.92 Å². The molecule has 2 heterocycles. The van der Waals surface area contributed by atoms with E-state index in [2.05, 4.69) is 23.1 Å². The van der Waals surface area contributed by atoms with Crippen molar-refractivity contribution in [2.24, 2.45) is 0 Å². The van der Waals surface area contributed by atoms with Gasteiger partial charge in [0.1, 0.15) is 5.69 Å². The van der Waals surface area contributed by atoms with Crippen LogP contribution in [0.3, 0.4) is 0 Å². The Morgan fingerprint density at radius 3 is 2.28 bits per heavy atom. The molecule has 0 bridgehead atoms. The Bertz CT molecular complexity index is 678. The summed E-state index contributed by atoms with van der Waals surface area (Å²) < 4.78 is 57.1. The van der Waals surface area contributed by atoms with Crippen LogP contribution in [0.2, 0.25) is 0 Å². The Kier molecular flexibility index (Phi) is 5.92. The molecule has 1 aliphatic heterocycles. The van der Waals surface area contributed by atoms with Gasteiger partial charge in [-0.1, -0.05) is 31.4 Å². The summed E-state index contributed by atoms with van der Waals surface area (Å²) in [6, 6.07) is 0. The van der Waals surface area contributed by atoms with Crippen LogP contribution in [-0.2, 0) is 12.3 Å². The van der Waals surface area contributed by atoms with Gasteiger partial charge in [-0.2, -0.15) is 22.0 Å². The lowest BCUT2D eigenvalue weighted by molar-refractivity contribution is -0.00597. The van der Waals surface area contributed by atoms with E-state index in [1.807, 2.05) is 4.90 Å². The van der Waals surface area contributed by atoms with Crippen molar-refractivity contribution in [2.45, 2.75) is 31.9 Å². The van der Waals surface area contributed by atoms with E-state index in [1.54, 1.807) is 18.2 Å². The SMILES string of the molecule is C=C/C=C(\C=C)c1nc(N2CCC2)nc2c1CCC2(F)F.FC(F)F. The molecule has 25 heavy (non-hydrogen) atoms. The van der Waals surface area contributed by atoms with Crippen LogP contribution in [-0.4, -0.2) is 29.7 Å². The molecule has 0 unspecified atom stereocenters. The second kappa shape index (κ2) is 7.76. The summed E-state index contributed by atoms with van der Waals surface area (Å²) in [5.41, 5.74) is 1.69. The van der Waals surface area contributed by atoms with Gasteiger partial charge < -0.3 is 4.90 Å². The van der Waals surface area contributed by atoms with E-state index in [-0.39, 0.29) is 12.1 Å². The lowest BCUT2D eigenvalue weighted by Gasteiger charge is -2.31. The Morgan fingerprint density at radius 2 is 1.80 bits per heavy atom. The molecule has 1 fully saturated rings. The third-order valence-corrected chi connectivity index (χ3v) is 3.96. The Labute approximate surface area is 142 Å². The van der Waals surface area contributed by atoms with Crippen LogP contribution in [0.1, 0.15) is 29.8 Å². The first-order valence-corrected chi connectivity index (χ1v) is 7.72. The van der Waals surface area contributed by atoms with Gasteiger partial charge in [-0.25, -0.2) is 9.97 Å². The Balaban J connectivity index is 0.000000511. The van der Waals surface area contributed by atoms with Gasteiger partial charge >= 0.3 is 6.68 Å². The summed E-state index contributed by atoms with van der Waals surface area (Å²) in [5.74, 6) is -2.47. The van der Waals surface area contributed by atoms with Crippen molar-refractivity contribution in [3.63, 3.8) is 0 Å². The number of fused-ring (bicyclic) bond motifs is 1. The number of allylic oxidation sites excluding steroid dienone is 4. The zero-order valence-electron chi connectivity index (χ0n) is 13.5. The summed E-state index contributed by atoms with van der Waals surface area (Å²) in [4.78, 5) is 10.6. The molecule has 1 saturated heterocycles. The molecule has 8 heteroatoms. The summed E-state index contributed by atoms with van der Waals surface area (Å²) in [7, 11) is 0. The molecule has 0 amide bonds. The summed E-state index contributed by atoms with van der Waals surface area (Å²) in [6.07, 6.45) is 6.11. The lowest BCUT2D eigenvalue weighted by Crippen LogP contribution is -2.39. The van der Waals surface area contributed by atoms with E-state index >= 15 is 0 Å². The molecule has 0 saturated carbocycles. The Hall–Kier alpha value is -2.25. The molecule has 3 rings (SSSR count). The number of rotatable bonds is 4. The van der Waals surface area contributed by atoms with Crippen molar-refractivity contribution in [1.82, 2.24) is 9.97 Å². The molecule has 1 aromatic rings. The van der Waals surface area contributed by atoms with Gasteiger partial charge in [-0.15, -0.1) is 0 Å². The molecule has 1 aliphatic carbocycles. The highest BCUT2D eigenvalue weighted by Crippen LogP contribution is 2.43. The first-order chi connectivity index (χ1) is 11.8. The van der Waals surface area contributed by atoms with Crippen LogP contribution < -0.4 is 4.90 Å². The molecule has 0 atom stereocenters. The molecular formula is C17H18F5N3. The van der Waals surface area contributed by atoms with Crippen LogP contribution in [0.4, 0.5) is 27.9 Å². The minimum atomic E-state index is -3.67. The normalized spacial score (nSPS) is 18.2. The predicted octanol–water partition coefficient (Wildman–Crippen LogP) is 4.66. The zero-order chi connectivity index (χ0) is 18.6. The topological polar surface area (TPSA) is 29.0 Å². The monoisotopic (exact) mass is 359 g/mol. The molecular weight excluding hydrogens is 341 g/mol. The number of anilines is 1. The van der Waals surface area contributed by atoms with Gasteiger partial charge in [0, 0.05) is 25.1 Å². The van der Waals surface area contributed by atoms with Crippen molar-refractivity contribution >= 4 is 11.5 Å². The van der Waals surface area contributed by atoms with Crippen LogP contribution in [0, 0.1) is 0 Å². The van der Waals surface area contributed by atoms with Crippen LogP contribution in [0.15, 0.2) is 31.4 Å². The largest absolute Gasteiger partial charge is 0.379 e. The van der Waals surface area contributed by atoms with Crippen LogP contribution >= 0.6 is 0 Å². The molecule has 0 radical (unpaired) electrons. The smallest absolute Gasteiger partial charge is 0.341 e. The zero-order valence-corrected chi connectivity index (χ0v) is 13.5. The van der Waals surface area contributed by atoms with E-state index in [9.17, 15) is 22.0 Å².